The molecule has 19 heavy (non-hydrogen) atoms. The summed E-state index contributed by atoms with van der Waals surface area (Å²) in [5.74, 6) is 0.492. The molecule has 0 amide bonds. The van der Waals surface area contributed by atoms with Gasteiger partial charge in [-0.05, 0) is 13.3 Å². The highest BCUT2D eigenvalue weighted by atomic mass is 16.6. The van der Waals surface area contributed by atoms with Crippen LogP contribution >= 0.6 is 0 Å². The highest BCUT2D eigenvalue weighted by Crippen LogP contribution is 2.26. The average Bonchev–Trinajstić information content (AvgIpc) is 2.38. The second-order valence-corrected chi connectivity index (χ2v) is 4.11. The van der Waals surface area contributed by atoms with Crippen LogP contribution in [0.5, 0.6) is 5.75 Å². The number of methoxy groups -OCH3 is 1. The number of non-ortho nitro benzene ring substituents is 1. The van der Waals surface area contributed by atoms with Crippen molar-refractivity contribution in [1.82, 2.24) is 0 Å². The molecule has 0 aliphatic rings. The van der Waals surface area contributed by atoms with Gasteiger partial charge in [0.1, 0.15) is 5.75 Å². The lowest BCUT2D eigenvalue weighted by molar-refractivity contribution is -0.384. The summed E-state index contributed by atoms with van der Waals surface area (Å²) in [6, 6.07) is 4.79. The Morgan fingerprint density at radius 1 is 1.37 bits per heavy atom. The number of hydrogen-bond donors (Lipinski definition) is 1. The minimum Gasteiger partial charge on any atom is -0.494 e. The summed E-state index contributed by atoms with van der Waals surface area (Å²) in [7, 11) is 1.63. The van der Waals surface area contributed by atoms with Gasteiger partial charge in [0.05, 0.1) is 24.2 Å². The smallest absolute Gasteiger partial charge is 0.275 e. The van der Waals surface area contributed by atoms with E-state index < -0.39 is 4.92 Å². The summed E-state index contributed by atoms with van der Waals surface area (Å²) >= 11 is 0. The molecule has 1 unspecified atom stereocenters. The van der Waals surface area contributed by atoms with E-state index in [1.165, 1.54) is 12.1 Å². The maximum atomic E-state index is 10.9. The van der Waals surface area contributed by atoms with Crippen molar-refractivity contribution in [2.75, 3.05) is 25.6 Å². The predicted molar refractivity (Wildman–Crippen MR) is 73.8 cm³/mol. The molecular formula is C13H20N2O4. The third-order valence-corrected chi connectivity index (χ3v) is 2.64. The van der Waals surface area contributed by atoms with Crippen LogP contribution in [0.3, 0.4) is 0 Å². The Morgan fingerprint density at radius 2 is 2.11 bits per heavy atom. The van der Waals surface area contributed by atoms with Crippen molar-refractivity contribution < 1.29 is 14.4 Å². The van der Waals surface area contributed by atoms with Crippen LogP contribution in [-0.2, 0) is 4.74 Å². The molecule has 1 N–H and O–H groups in total. The molecule has 1 atom stereocenters. The first-order chi connectivity index (χ1) is 9.10. The number of nitro groups is 1. The van der Waals surface area contributed by atoms with Gasteiger partial charge < -0.3 is 14.8 Å². The molecule has 0 aromatic heterocycles. The Labute approximate surface area is 112 Å². The van der Waals surface area contributed by atoms with Crippen molar-refractivity contribution in [1.29, 1.82) is 0 Å². The molecule has 1 aromatic carbocycles. The quantitative estimate of drug-likeness (QED) is 0.579. The Hall–Kier alpha value is -1.82. The maximum absolute atomic E-state index is 10.9. The fourth-order valence-electron chi connectivity index (χ4n) is 1.72. The van der Waals surface area contributed by atoms with Crippen LogP contribution < -0.4 is 10.1 Å². The van der Waals surface area contributed by atoms with Gasteiger partial charge >= 0.3 is 0 Å². The molecule has 0 saturated carbocycles. The summed E-state index contributed by atoms with van der Waals surface area (Å²) in [6.45, 7) is 4.88. The lowest BCUT2D eigenvalue weighted by Gasteiger charge is -2.17. The van der Waals surface area contributed by atoms with Gasteiger partial charge in [0.2, 0.25) is 0 Å². The number of anilines is 1. The van der Waals surface area contributed by atoms with Crippen molar-refractivity contribution >= 4 is 11.4 Å². The van der Waals surface area contributed by atoms with E-state index >= 15 is 0 Å². The van der Waals surface area contributed by atoms with Gasteiger partial charge in [-0.25, -0.2) is 0 Å². The van der Waals surface area contributed by atoms with Crippen molar-refractivity contribution in [3.63, 3.8) is 0 Å². The monoisotopic (exact) mass is 268 g/mol. The number of nitro benzene ring substituents is 1. The van der Waals surface area contributed by atoms with Gasteiger partial charge in [-0.3, -0.25) is 10.1 Å². The van der Waals surface area contributed by atoms with Crippen molar-refractivity contribution in [3.8, 4) is 5.75 Å². The zero-order valence-electron chi connectivity index (χ0n) is 11.5. The first kappa shape index (κ1) is 15.2. The SMILES string of the molecule is CCOc1cc(NC(CC)COC)cc([N+](=O)[O-])c1. The highest BCUT2D eigenvalue weighted by molar-refractivity contribution is 5.56. The predicted octanol–water partition coefficient (Wildman–Crippen LogP) is 2.83. The number of ether oxygens (including phenoxy) is 2. The molecule has 6 heteroatoms. The molecule has 0 radical (unpaired) electrons. The summed E-state index contributed by atoms with van der Waals surface area (Å²) in [5, 5.41) is 14.1. The minimum atomic E-state index is -0.426. The van der Waals surface area contributed by atoms with Crippen LogP contribution in [0.15, 0.2) is 18.2 Å². The molecule has 0 aliphatic carbocycles. The van der Waals surface area contributed by atoms with Crippen molar-refractivity contribution in [2.24, 2.45) is 0 Å². The van der Waals surface area contributed by atoms with Gasteiger partial charge in [0, 0.05) is 31.0 Å². The third-order valence-electron chi connectivity index (χ3n) is 2.64. The molecule has 6 nitrogen and oxygen atoms in total. The summed E-state index contributed by atoms with van der Waals surface area (Å²) in [4.78, 5) is 10.5. The standard InChI is InChI=1S/C13H20N2O4/c1-4-10(9-18-3)14-11-6-12(15(16)17)8-13(7-11)19-5-2/h6-8,10,14H,4-5,9H2,1-3H3. The number of benzene rings is 1. The first-order valence-corrected chi connectivity index (χ1v) is 6.28. The third kappa shape index (κ3) is 4.75. The van der Waals surface area contributed by atoms with Crippen LogP contribution in [0.25, 0.3) is 0 Å². The molecule has 0 aliphatic heterocycles. The van der Waals surface area contributed by atoms with Crippen LogP contribution in [0.2, 0.25) is 0 Å². The molecule has 1 rings (SSSR count). The maximum Gasteiger partial charge on any atom is 0.275 e. The van der Waals surface area contributed by atoms with E-state index in [0.717, 1.165) is 6.42 Å². The first-order valence-electron chi connectivity index (χ1n) is 6.28. The Morgan fingerprint density at radius 3 is 2.63 bits per heavy atom. The normalized spacial score (nSPS) is 11.9. The Balaban J connectivity index is 2.94. The summed E-state index contributed by atoms with van der Waals surface area (Å²) in [6.07, 6.45) is 0.862. The van der Waals surface area contributed by atoms with Gasteiger partial charge in [-0.1, -0.05) is 6.92 Å². The van der Waals surface area contributed by atoms with Crippen LogP contribution in [0.4, 0.5) is 11.4 Å². The van der Waals surface area contributed by atoms with Crippen molar-refractivity contribution in [2.45, 2.75) is 26.3 Å². The van der Waals surface area contributed by atoms with Gasteiger partial charge in [-0.15, -0.1) is 0 Å². The van der Waals surface area contributed by atoms with Crippen molar-refractivity contribution in [3.05, 3.63) is 28.3 Å². The second-order valence-electron chi connectivity index (χ2n) is 4.11. The molecular weight excluding hydrogens is 248 g/mol. The van der Waals surface area contributed by atoms with E-state index in [9.17, 15) is 10.1 Å². The highest BCUT2D eigenvalue weighted by Gasteiger charge is 2.13. The van der Waals surface area contributed by atoms with Gasteiger partial charge in [-0.2, -0.15) is 0 Å². The van der Waals surface area contributed by atoms with E-state index in [2.05, 4.69) is 5.32 Å². The molecule has 0 fully saturated rings. The second kappa shape index (κ2) is 7.58. The largest absolute Gasteiger partial charge is 0.494 e. The molecule has 106 valence electrons. The van der Waals surface area contributed by atoms with Crippen LogP contribution in [-0.4, -0.2) is 31.3 Å². The topological polar surface area (TPSA) is 73.6 Å². The number of nitrogens with one attached hydrogen (secondary N) is 1. The van der Waals surface area contributed by atoms with Gasteiger partial charge in [0.15, 0.2) is 0 Å². The molecule has 1 aromatic rings. The van der Waals surface area contributed by atoms with Crippen LogP contribution in [0.1, 0.15) is 20.3 Å². The summed E-state index contributed by atoms with van der Waals surface area (Å²) in [5.41, 5.74) is 0.683. The van der Waals surface area contributed by atoms with E-state index in [1.54, 1.807) is 13.2 Å². The van der Waals surface area contributed by atoms with E-state index in [0.29, 0.717) is 24.7 Å². The van der Waals surface area contributed by atoms with E-state index in [4.69, 9.17) is 9.47 Å². The Bertz CT molecular complexity index is 423. The zero-order valence-corrected chi connectivity index (χ0v) is 11.5. The number of rotatable bonds is 8. The molecule has 0 spiro atoms. The minimum absolute atomic E-state index is 0.0146. The molecule has 0 heterocycles. The van der Waals surface area contributed by atoms with Gasteiger partial charge in [0.25, 0.3) is 5.69 Å². The van der Waals surface area contributed by atoms with E-state index in [-0.39, 0.29) is 11.7 Å². The number of nitrogens with zero attached hydrogens (tertiary/aromatic N) is 1. The lowest BCUT2D eigenvalue weighted by Crippen LogP contribution is -2.23. The summed E-state index contributed by atoms with van der Waals surface area (Å²) < 4.78 is 10.4. The number of hydrogen-bond acceptors (Lipinski definition) is 5. The zero-order chi connectivity index (χ0) is 14.3. The fourth-order valence-corrected chi connectivity index (χ4v) is 1.72. The molecule has 0 bridgehead atoms. The fraction of sp³-hybridized carbons (Fsp3) is 0.538. The van der Waals surface area contributed by atoms with E-state index in [1.807, 2.05) is 13.8 Å². The molecule has 0 saturated heterocycles. The average molecular weight is 268 g/mol. The van der Waals surface area contributed by atoms with Crippen LogP contribution in [0, 0.1) is 10.1 Å². The lowest BCUT2D eigenvalue weighted by atomic mass is 10.2. The Kier molecular flexibility index (Phi) is 6.08.